The van der Waals surface area contributed by atoms with E-state index in [1.54, 1.807) is 0 Å². The Bertz CT molecular complexity index is 1440. The van der Waals surface area contributed by atoms with Gasteiger partial charge in [-0.3, -0.25) is 0 Å². The van der Waals surface area contributed by atoms with E-state index in [4.69, 9.17) is 0 Å². The quantitative estimate of drug-likeness (QED) is 0.334. The summed E-state index contributed by atoms with van der Waals surface area (Å²) in [5.41, 5.74) is 0.00619. The smallest absolute Gasteiger partial charge is 0.351 e. The van der Waals surface area contributed by atoms with Gasteiger partial charge in [-0.05, 0) is 25.1 Å². The number of carbonyl (C=O) groups is 1. The monoisotopic (exact) mass is 509 g/mol. The molecule has 1 aromatic heterocycles. The Morgan fingerprint density at radius 1 is 0.946 bits per heavy atom. The minimum atomic E-state index is -4.80. The third kappa shape index (κ3) is 4.91. The zero-order chi connectivity index (χ0) is 26.2. The molecule has 2 heterocycles. The minimum Gasteiger partial charge on any atom is -0.351 e. The van der Waals surface area contributed by atoms with Gasteiger partial charge in [-0.1, -0.05) is 54.6 Å². The van der Waals surface area contributed by atoms with Crippen molar-refractivity contribution in [1.82, 2.24) is 15.1 Å². The Balaban J connectivity index is 1.36. The summed E-state index contributed by atoms with van der Waals surface area (Å²) in [5.74, 6) is -0.348. The number of aromatic nitrogens is 2. The summed E-state index contributed by atoms with van der Waals surface area (Å²) in [6.07, 6.45) is -4.80. The van der Waals surface area contributed by atoms with Crippen molar-refractivity contribution in [2.24, 2.45) is 0 Å². The fraction of sp³-hybridized carbons (Fsp3) is 0.222. The van der Waals surface area contributed by atoms with E-state index in [0.29, 0.717) is 25.0 Å². The SMILES string of the molecule is CC1CN(c2nnc(-c3ccccc3)c3ccccc23)CCN1C(=O)Nc1ccc(F)cc1C(F)(F)F. The van der Waals surface area contributed by atoms with Crippen molar-refractivity contribution in [3.8, 4) is 11.3 Å². The van der Waals surface area contributed by atoms with E-state index >= 15 is 0 Å². The molecule has 10 heteroatoms. The van der Waals surface area contributed by atoms with Gasteiger partial charge in [0.1, 0.15) is 11.5 Å². The number of amides is 2. The molecule has 1 fully saturated rings. The molecule has 0 bridgehead atoms. The summed E-state index contributed by atoms with van der Waals surface area (Å²) in [4.78, 5) is 16.4. The van der Waals surface area contributed by atoms with Gasteiger partial charge in [-0.15, -0.1) is 10.2 Å². The van der Waals surface area contributed by atoms with Gasteiger partial charge in [0.25, 0.3) is 0 Å². The summed E-state index contributed by atoms with van der Waals surface area (Å²) in [6, 6.07) is 18.8. The van der Waals surface area contributed by atoms with E-state index in [0.717, 1.165) is 34.2 Å². The van der Waals surface area contributed by atoms with Gasteiger partial charge in [-0.2, -0.15) is 13.2 Å². The first-order valence-corrected chi connectivity index (χ1v) is 11.7. The number of rotatable bonds is 3. The second-order valence-electron chi connectivity index (χ2n) is 8.89. The molecule has 1 aliphatic rings. The normalized spacial score (nSPS) is 16.2. The topological polar surface area (TPSA) is 61.4 Å². The highest BCUT2D eigenvalue weighted by Gasteiger charge is 2.36. The number of anilines is 2. The number of alkyl halides is 3. The Labute approximate surface area is 210 Å². The fourth-order valence-electron chi connectivity index (χ4n) is 4.63. The summed E-state index contributed by atoms with van der Waals surface area (Å²) in [5, 5.41) is 13.2. The third-order valence-corrected chi connectivity index (χ3v) is 6.43. The van der Waals surface area contributed by atoms with Crippen LogP contribution in [0.15, 0.2) is 72.8 Å². The molecule has 0 saturated carbocycles. The molecule has 1 unspecified atom stereocenters. The van der Waals surface area contributed by atoms with Gasteiger partial charge in [0.05, 0.1) is 11.3 Å². The maximum atomic E-state index is 13.4. The molecule has 0 aliphatic carbocycles. The van der Waals surface area contributed by atoms with Gasteiger partial charge in [0.15, 0.2) is 5.82 Å². The third-order valence-electron chi connectivity index (χ3n) is 6.43. The van der Waals surface area contributed by atoms with Crippen LogP contribution >= 0.6 is 0 Å². The average molecular weight is 510 g/mol. The van der Waals surface area contributed by atoms with Crippen LogP contribution in [-0.2, 0) is 6.18 Å². The molecule has 37 heavy (non-hydrogen) atoms. The van der Waals surface area contributed by atoms with E-state index in [9.17, 15) is 22.4 Å². The number of nitrogens with zero attached hydrogens (tertiary/aromatic N) is 4. The van der Waals surface area contributed by atoms with Crippen LogP contribution in [-0.4, -0.2) is 46.8 Å². The second kappa shape index (κ2) is 9.68. The maximum absolute atomic E-state index is 13.4. The molecule has 6 nitrogen and oxygen atoms in total. The molecule has 190 valence electrons. The molecule has 1 N–H and O–H groups in total. The maximum Gasteiger partial charge on any atom is 0.418 e. The predicted octanol–water partition coefficient (Wildman–Crippen LogP) is 6.20. The van der Waals surface area contributed by atoms with E-state index < -0.39 is 29.3 Å². The Kier molecular flexibility index (Phi) is 6.41. The van der Waals surface area contributed by atoms with Crippen molar-refractivity contribution >= 4 is 28.3 Å². The van der Waals surface area contributed by atoms with Gasteiger partial charge in [0, 0.05) is 42.0 Å². The average Bonchev–Trinajstić information content (AvgIpc) is 2.89. The first kappa shape index (κ1) is 24.5. The van der Waals surface area contributed by atoms with Crippen LogP contribution in [0.5, 0.6) is 0 Å². The van der Waals surface area contributed by atoms with Crippen LogP contribution in [0.25, 0.3) is 22.0 Å². The van der Waals surface area contributed by atoms with E-state index in [2.05, 4.69) is 15.5 Å². The predicted molar refractivity (Wildman–Crippen MR) is 134 cm³/mol. The molecule has 1 atom stereocenters. The molecule has 0 radical (unpaired) electrons. The number of fused-ring (bicyclic) bond motifs is 1. The van der Waals surface area contributed by atoms with Crippen LogP contribution in [0.4, 0.5) is 33.9 Å². The number of benzene rings is 3. The highest BCUT2D eigenvalue weighted by molar-refractivity contribution is 6.00. The number of piperazine rings is 1. The number of nitrogens with one attached hydrogen (secondary N) is 1. The van der Waals surface area contributed by atoms with Crippen LogP contribution in [0.1, 0.15) is 12.5 Å². The van der Waals surface area contributed by atoms with Gasteiger partial charge < -0.3 is 15.1 Å². The standard InChI is InChI=1S/C27H23F4N5O/c1-17-16-35(13-14-36(17)26(37)32-23-12-11-19(28)15-22(23)27(29,30)31)25-21-10-6-5-9-20(21)24(33-34-25)18-7-3-2-4-8-18/h2-12,15,17H,13-14,16H2,1H3,(H,32,37). The first-order valence-electron chi connectivity index (χ1n) is 11.7. The molecule has 3 aromatic carbocycles. The molecule has 5 rings (SSSR count). The molecule has 2 amide bonds. The summed E-state index contributed by atoms with van der Waals surface area (Å²) >= 11 is 0. The summed E-state index contributed by atoms with van der Waals surface area (Å²) in [6.45, 7) is 2.89. The number of hydrogen-bond donors (Lipinski definition) is 1. The van der Waals surface area contributed by atoms with Crippen molar-refractivity contribution in [1.29, 1.82) is 0 Å². The van der Waals surface area contributed by atoms with Gasteiger partial charge in [-0.25, -0.2) is 9.18 Å². The van der Waals surface area contributed by atoms with Crippen LogP contribution < -0.4 is 10.2 Å². The van der Waals surface area contributed by atoms with E-state index in [1.165, 1.54) is 4.90 Å². The van der Waals surface area contributed by atoms with Gasteiger partial charge in [0.2, 0.25) is 0 Å². The van der Waals surface area contributed by atoms with Crippen LogP contribution in [0.2, 0.25) is 0 Å². The second-order valence-corrected chi connectivity index (χ2v) is 8.89. The van der Waals surface area contributed by atoms with Gasteiger partial charge >= 0.3 is 12.2 Å². The summed E-state index contributed by atoms with van der Waals surface area (Å²) in [7, 11) is 0. The number of halogens is 4. The Morgan fingerprint density at radius 3 is 2.35 bits per heavy atom. The Morgan fingerprint density at radius 2 is 1.65 bits per heavy atom. The lowest BCUT2D eigenvalue weighted by atomic mass is 10.0. The van der Waals surface area contributed by atoms with Crippen molar-refractivity contribution in [3.05, 3.63) is 84.2 Å². The van der Waals surface area contributed by atoms with E-state index in [1.807, 2.05) is 66.4 Å². The number of hydrogen-bond acceptors (Lipinski definition) is 4. The lowest BCUT2D eigenvalue weighted by Gasteiger charge is -2.40. The van der Waals surface area contributed by atoms with Crippen LogP contribution in [0, 0.1) is 5.82 Å². The van der Waals surface area contributed by atoms with Crippen molar-refractivity contribution in [3.63, 3.8) is 0 Å². The largest absolute Gasteiger partial charge is 0.418 e. The van der Waals surface area contributed by atoms with Crippen molar-refractivity contribution in [2.75, 3.05) is 29.9 Å². The highest BCUT2D eigenvalue weighted by Crippen LogP contribution is 2.36. The highest BCUT2D eigenvalue weighted by atomic mass is 19.4. The van der Waals surface area contributed by atoms with E-state index in [-0.39, 0.29) is 12.6 Å². The first-order chi connectivity index (χ1) is 17.7. The molecule has 1 saturated heterocycles. The molecule has 4 aromatic rings. The molecular formula is C27H23F4N5O. The lowest BCUT2D eigenvalue weighted by Crippen LogP contribution is -2.55. The van der Waals surface area contributed by atoms with Crippen LogP contribution in [0.3, 0.4) is 0 Å². The lowest BCUT2D eigenvalue weighted by molar-refractivity contribution is -0.137. The zero-order valence-electron chi connectivity index (χ0n) is 19.8. The fourth-order valence-corrected chi connectivity index (χ4v) is 4.63. The minimum absolute atomic E-state index is 0.256. The summed E-state index contributed by atoms with van der Waals surface area (Å²) < 4.78 is 53.5. The number of urea groups is 1. The van der Waals surface area contributed by atoms with Crippen molar-refractivity contribution < 1.29 is 22.4 Å². The van der Waals surface area contributed by atoms with Crippen molar-refractivity contribution in [2.45, 2.75) is 19.1 Å². The zero-order valence-corrected chi connectivity index (χ0v) is 19.8. The molecular weight excluding hydrogens is 486 g/mol. The Hall–Kier alpha value is -4.21. The molecule has 0 spiro atoms. The number of carbonyl (C=O) groups excluding carboxylic acids is 1. The molecule has 1 aliphatic heterocycles.